The van der Waals surface area contributed by atoms with Crippen LogP contribution >= 0.6 is 23.1 Å². The third-order valence-electron chi connectivity index (χ3n) is 3.99. The van der Waals surface area contributed by atoms with E-state index in [0.29, 0.717) is 5.13 Å². The van der Waals surface area contributed by atoms with E-state index in [1.54, 1.807) is 11.8 Å². The van der Waals surface area contributed by atoms with Gasteiger partial charge in [-0.05, 0) is 37.9 Å². The number of thioether (sulfide) groups is 1. The Morgan fingerprint density at radius 1 is 1.35 bits per heavy atom. The lowest BCUT2D eigenvalue weighted by atomic mass is 9.79. The maximum absolute atomic E-state index is 12.2. The number of aromatic nitrogens is 2. The van der Waals surface area contributed by atoms with Crippen LogP contribution in [0.1, 0.15) is 51.9 Å². The minimum Gasteiger partial charge on any atom is -0.300 e. The second-order valence-corrected chi connectivity index (χ2v) is 7.46. The third kappa shape index (κ3) is 4.45. The van der Waals surface area contributed by atoms with Gasteiger partial charge >= 0.3 is 0 Å². The summed E-state index contributed by atoms with van der Waals surface area (Å²) in [6.07, 6.45) is 10.3. The predicted molar refractivity (Wildman–Crippen MR) is 85.3 cm³/mol. The van der Waals surface area contributed by atoms with E-state index in [-0.39, 0.29) is 11.8 Å². The number of anilines is 1. The highest BCUT2D eigenvalue weighted by molar-refractivity contribution is 8.00. The van der Waals surface area contributed by atoms with Gasteiger partial charge in [0.25, 0.3) is 0 Å². The van der Waals surface area contributed by atoms with Gasteiger partial charge in [-0.3, -0.25) is 4.79 Å². The summed E-state index contributed by atoms with van der Waals surface area (Å²) in [6, 6.07) is 0. The Labute approximate surface area is 129 Å². The molecule has 112 valence electrons. The Morgan fingerprint density at radius 3 is 2.70 bits per heavy atom. The summed E-state index contributed by atoms with van der Waals surface area (Å²) in [7, 11) is 0. The fourth-order valence-corrected chi connectivity index (χ4v) is 3.93. The molecule has 4 nitrogen and oxygen atoms in total. The SMILES string of the molecule is CCCCC1CCC(C(=O)Nc2nnc(SC)s2)CC1. The predicted octanol–water partition coefficient (Wildman–Crippen LogP) is 4.20. The van der Waals surface area contributed by atoms with Crippen LogP contribution in [-0.2, 0) is 4.79 Å². The third-order valence-corrected chi connectivity index (χ3v) is 5.81. The monoisotopic (exact) mass is 313 g/mol. The zero-order chi connectivity index (χ0) is 14.4. The molecular formula is C14H23N3OS2. The van der Waals surface area contributed by atoms with Crippen molar-refractivity contribution in [3.8, 4) is 0 Å². The highest BCUT2D eigenvalue weighted by Crippen LogP contribution is 2.33. The second-order valence-electron chi connectivity index (χ2n) is 5.43. The van der Waals surface area contributed by atoms with Crippen LogP contribution in [-0.4, -0.2) is 22.4 Å². The molecule has 0 bridgehead atoms. The van der Waals surface area contributed by atoms with Crippen molar-refractivity contribution >= 4 is 34.1 Å². The van der Waals surface area contributed by atoms with Gasteiger partial charge in [0.15, 0.2) is 4.34 Å². The molecule has 0 radical (unpaired) electrons. The van der Waals surface area contributed by atoms with Crippen LogP contribution in [0.5, 0.6) is 0 Å². The molecule has 2 rings (SSSR count). The molecule has 20 heavy (non-hydrogen) atoms. The van der Waals surface area contributed by atoms with Crippen molar-refractivity contribution in [2.45, 2.75) is 56.2 Å². The summed E-state index contributed by atoms with van der Waals surface area (Å²) < 4.78 is 0.892. The number of carbonyl (C=O) groups excluding carboxylic acids is 1. The summed E-state index contributed by atoms with van der Waals surface area (Å²) in [5.74, 6) is 1.13. The van der Waals surface area contributed by atoms with Gasteiger partial charge in [-0.25, -0.2) is 0 Å². The molecule has 1 aliphatic carbocycles. The van der Waals surface area contributed by atoms with Crippen molar-refractivity contribution in [3.05, 3.63) is 0 Å². The van der Waals surface area contributed by atoms with Gasteiger partial charge in [-0.1, -0.05) is 49.3 Å². The molecule has 1 amide bonds. The topological polar surface area (TPSA) is 54.9 Å². The van der Waals surface area contributed by atoms with Crippen LogP contribution in [0, 0.1) is 11.8 Å². The van der Waals surface area contributed by atoms with E-state index in [0.717, 1.165) is 23.1 Å². The molecule has 1 aromatic heterocycles. The molecule has 1 fully saturated rings. The first-order valence-electron chi connectivity index (χ1n) is 7.41. The molecular weight excluding hydrogens is 290 g/mol. The molecule has 0 unspecified atom stereocenters. The zero-order valence-corrected chi connectivity index (χ0v) is 13.9. The lowest BCUT2D eigenvalue weighted by Crippen LogP contribution is -2.27. The van der Waals surface area contributed by atoms with Crippen molar-refractivity contribution in [2.24, 2.45) is 11.8 Å². The van der Waals surface area contributed by atoms with E-state index < -0.39 is 0 Å². The first-order valence-corrected chi connectivity index (χ1v) is 9.45. The van der Waals surface area contributed by atoms with Gasteiger partial charge in [-0.15, -0.1) is 10.2 Å². The molecule has 0 aliphatic heterocycles. The summed E-state index contributed by atoms with van der Waals surface area (Å²) in [6.45, 7) is 2.24. The van der Waals surface area contributed by atoms with Crippen LogP contribution in [0.25, 0.3) is 0 Å². The normalized spacial score (nSPS) is 22.7. The van der Waals surface area contributed by atoms with Gasteiger partial charge in [0, 0.05) is 5.92 Å². The molecule has 1 aliphatic rings. The van der Waals surface area contributed by atoms with E-state index >= 15 is 0 Å². The molecule has 1 saturated carbocycles. The smallest absolute Gasteiger partial charge is 0.229 e. The Hall–Kier alpha value is -0.620. The van der Waals surface area contributed by atoms with Crippen LogP contribution in [0.3, 0.4) is 0 Å². The van der Waals surface area contributed by atoms with Gasteiger partial charge in [0.05, 0.1) is 0 Å². The number of nitrogens with one attached hydrogen (secondary N) is 1. The molecule has 0 saturated heterocycles. The van der Waals surface area contributed by atoms with E-state index in [1.165, 1.54) is 43.4 Å². The Bertz CT molecular complexity index is 428. The van der Waals surface area contributed by atoms with E-state index in [2.05, 4.69) is 22.4 Å². The van der Waals surface area contributed by atoms with Crippen LogP contribution in [0.2, 0.25) is 0 Å². The number of rotatable bonds is 6. The van der Waals surface area contributed by atoms with Crippen molar-refractivity contribution in [3.63, 3.8) is 0 Å². The number of unbranched alkanes of at least 4 members (excludes halogenated alkanes) is 1. The van der Waals surface area contributed by atoms with Gasteiger partial charge in [0.1, 0.15) is 0 Å². The summed E-state index contributed by atoms with van der Waals surface area (Å²) in [5.41, 5.74) is 0. The molecule has 0 spiro atoms. The lowest BCUT2D eigenvalue weighted by Gasteiger charge is -2.27. The van der Waals surface area contributed by atoms with Crippen molar-refractivity contribution in [1.82, 2.24) is 10.2 Å². The summed E-state index contributed by atoms with van der Waals surface area (Å²) >= 11 is 3.00. The Balaban J connectivity index is 1.76. The van der Waals surface area contributed by atoms with Gasteiger partial charge in [0.2, 0.25) is 11.0 Å². The number of nitrogens with zero attached hydrogens (tertiary/aromatic N) is 2. The molecule has 1 N–H and O–H groups in total. The maximum atomic E-state index is 12.2. The highest BCUT2D eigenvalue weighted by Gasteiger charge is 2.26. The van der Waals surface area contributed by atoms with Gasteiger partial charge in [-0.2, -0.15) is 0 Å². The van der Waals surface area contributed by atoms with Crippen molar-refractivity contribution in [1.29, 1.82) is 0 Å². The fourth-order valence-electron chi connectivity index (χ4n) is 2.76. The first kappa shape index (κ1) is 15.8. The summed E-state index contributed by atoms with van der Waals surface area (Å²) in [5, 5.41) is 11.5. The fraction of sp³-hybridized carbons (Fsp3) is 0.786. The van der Waals surface area contributed by atoms with Gasteiger partial charge < -0.3 is 5.32 Å². The highest BCUT2D eigenvalue weighted by atomic mass is 32.2. The number of hydrogen-bond donors (Lipinski definition) is 1. The van der Waals surface area contributed by atoms with E-state index in [1.807, 2.05) is 6.26 Å². The molecule has 0 aromatic carbocycles. The van der Waals surface area contributed by atoms with Crippen LogP contribution < -0.4 is 5.32 Å². The largest absolute Gasteiger partial charge is 0.300 e. The quantitative estimate of drug-likeness (QED) is 0.632. The average Bonchev–Trinajstić information content (AvgIpc) is 2.93. The average molecular weight is 313 g/mol. The number of hydrogen-bond acceptors (Lipinski definition) is 5. The molecule has 1 aromatic rings. The van der Waals surface area contributed by atoms with Crippen LogP contribution in [0.4, 0.5) is 5.13 Å². The minimum atomic E-state index is 0.128. The molecule has 6 heteroatoms. The Kier molecular flexibility index (Phi) is 6.29. The minimum absolute atomic E-state index is 0.128. The molecule has 1 heterocycles. The zero-order valence-electron chi connectivity index (χ0n) is 12.2. The lowest BCUT2D eigenvalue weighted by molar-refractivity contribution is -0.121. The summed E-state index contributed by atoms with van der Waals surface area (Å²) in [4.78, 5) is 12.2. The molecule has 0 atom stereocenters. The van der Waals surface area contributed by atoms with E-state index in [9.17, 15) is 4.79 Å². The standard InChI is InChI=1S/C14H23N3OS2/c1-3-4-5-10-6-8-11(9-7-10)12(18)15-13-16-17-14(19-2)20-13/h10-11H,3-9H2,1-2H3,(H,15,16,18). The second kappa shape index (κ2) is 7.98. The van der Waals surface area contributed by atoms with Crippen LogP contribution in [0.15, 0.2) is 4.34 Å². The van der Waals surface area contributed by atoms with Crippen molar-refractivity contribution < 1.29 is 4.79 Å². The maximum Gasteiger partial charge on any atom is 0.229 e. The first-order chi connectivity index (χ1) is 9.72. The number of amides is 1. The number of carbonyl (C=O) groups is 1. The Morgan fingerprint density at radius 2 is 2.10 bits per heavy atom. The van der Waals surface area contributed by atoms with E-state index in [4.69, 9.17) is 0 Å². The van der Waals surface area contributed by atoms with Crippen molar-refractivity contribution in [2.75, 3.05) is 11.6 Å².